The molecule has 3 aliphatic heterocycles. The Hall–Kier alpha value is -1.10. The van der Waals surface area contributed by atoms with Crippen molar-refractivity contribution in [3.05, 3.63) is 0 Å². The monoisotopic (exact) mass is 265 g/mol. The zero-order valence-electron chi connectivity index (χ0n) is 11.4. The summed E-state index contributed by atoms with van der Waals surface area (Å²) in [4.78, 5) is 26.2. The Kier molecular flexibility index (Phi) is 3.73. The highest BCUT2D eigenvalue weighted by Gasteiger charge is 2.42. The van der Waals surface area contributed by atoms with Gasteiger partial charge in [0, 0.05) is 19.5 Å². The standard InChI is InChI=1S/C14H23N3O2/c18-13(8-10-3-5-15-6-4-10)17-7-1-2-11-12(17)9-16-14(11)19/h10-12,15H,1-9H2,(H,16,19). The molecule has 3 rings (SSSR count). The van der Waals surface area contributed by atoms with Gasteiger partial charge in [0.2, 0.25) is 11.8 Å². The quantitative estimate of drug-likeness (QED) is 0.745. The molecule has 5 nitrogen and oxygen atoms in total. The molecule has 0 saturated carbocycles. The molecule has 0 aromatic heterocycles. The van der Waals surface area contributed by atoms with Crippen LogP contribution in [0.25, 0.3) is 0 Å². The van der Waals surface area contributed by atoms with Gasteiger partial charge in [-0.15, -0.1) is 0 Å². The van der Waals surface area contributed by atoms with Crippen molar-refractivity contribution in [2.75, 3.05) is 26.2 Å². The van der Waals surface area contributed by atoms with E-state index in [1.807, 2.05) is 4.90 Å². The third-order valence-electron chi connectivity index (χ3n) is 4.84. The predicted molar refractivity (Wildman–Crippen MR) is 71.4 cm³/mol. The second kappa shape index (κ2) is 5.49. The number of amides is 2. The van der Waals surface area contributed by atoms with Gasteiger partial charge in [-0.05, 0) is 44.7 Å². The summed E-state index contributed by atoms with van der Waals surface area (Å²) < 4.78 is 0. The molecular formula is C14H23N3O2. The van der Waals surface area contributed by atoms with Gasteiger partial charge in [0.25, 0.3) is 0 Å². The molecule has 0 aliphatic carbocycles. The number of nitrogens with zero attached hydrogens (tertiary/aromatic N) is 1. The average Bonchev–Trinajstić information content (AvgIpc) is 2.82. The Bertz CT molecular complexity index is 366. The Morgan fingerprint density at radius 3 is 2.84 bits per heavy atom. The summed E-state index contributed by atoms with van der Waals surface area (Å²) in [6.45, 7) is 3.55. The van der Waals surface area contributed by atoms with Gasteiger partial charge in [-0.1, -0.05) is 0 Å². The Labute approximate surface area is 114 Å². The number of nitrogens with one attached hydrogen (secondary N) is 2. The van der Waals surface area contributed by atoms with Gasteiger partial charge in [-0.3, -0.25) is 9.59 Å². The van der Waals surface area contributed by atoms with Gasteiger partial charge in [-0.25, -0.2) is 0 Å². The van der Waals surface area contributed by atoms with Crippen molar-refractivity contribution in [1.29, 1.82) is 0 Å². The van der Waals surface area contributed by atoms with Crippen LogP contribution in [-0.2, 0) is 9.59 Å². The van der Waals surface area contributed by atoms with Gasteiger partial charge in [0.05, 0.1) is 12.0 Å². The van der Waals surface area contributed by atoms with E-state index in [4.69, 9.17) is 0 Å². The molecule has 0 aromatic rings. The molecule has 0 bridgehead atoms. The van der Waals surface area contributed by atoms with Crippen LogP contribution in [0.2, 0.25) is 0 Å². The molecule has 0 radical (unpaired) electrons. The fourth-order valence-electron chi connectivity index (χ4n) is 3.71. The lowest BCUT2D eigenvalue weighted by Crippen LogP contribution is -2.49. The first kappa shape index (κ1) is 12.9. The van der Waals surface area contributed by atoms with Crippen LogP contribution in [-0.4, -0.2) is 48.9 Å². The molecule has 2 atom stereocenters. The summed E-state index contributed by atoms with van der Waals surface area (Å²) in [6.07, 6.45) is 4.77. The van der Waals surface area contributed by atoms with Crippen LogP contribution in [0.1, 0.15) is 32.1 Å². The molecule has 2 N–H and O–H groups in total. The molecule has 0 aromatic carbocycles. The summed E-state index contributed by atoms with van der Waals surface area (Å²) in [5.41, 5.74) is 0. The maximum absolute atomic E-state index is 12.5. The van der Waals surface area contributed by atoms with Crippen molar-refractivity contribution in [1.82, 2.24) is 15.5 Å². The van der Waals surface area contributed by atoms with Gasteiger partial charge in [-0.2, -0.15) is 0 Å². The van der Waals surface area contributed by atoms with Crippen molar-refractivity contribution in [2.45, 2.75) is 38.1 Å². The fourth-order valence-corrected chi connectivity index (χ4v) is 3.71. The molecule has 3 saturated heterocycles. The number of hydrogen-bond acceptors (Lipinski definition) is 3. The van der Waals surface area contributed by atoms with Crippen molar-refractivity contribution in [2.24, 2.45) is 11.8 Å². The molecule has 0 spiro atoms. The van der Waals surface area contributed by atoms with Gasteiger partial charge < -0.3 is 15.5 Å². The lowest BCUT2D eigenvalue weighted by atomic mass is 9.89. The number of likely N-dealkylation sites (tertiary alicyclic amines) is 1. The van der Waals surface area contributed by atoms with Crippen LogP contribution >= 0.6 is 0 Å². The number of fused-ring (bicyclic) bond motifs is 1. The van der Waals surface area contributed by atoms with Crippen molar-refractivity contribution < 1.29 is 9.59 Å². The lowest BCUT2D eigenvalue weighted by molar-refractivity contribution is -0.137. The molecule has 19 heavy (non-hydrogen) atoms. The Balaban J connectivity index is 1.60. The highest BCUT2D eigenvalue weighted by molar-refractivity contribution is 5.84. The number of carbonyl (C=O) groups excluding carboxylic acids is 2. The van der Waals surface area contributed by atoms with Crippen molar-refractivity contribution in [3.8, 4) is 0 Å². The minimum absolute atomic E-state index is 0.0470. The number of carbonyl (C=O) groups is 2. The van der Waals surface area contributed by atoms with Crippen LogP contribution in [0.15, 0.2) is 0 Å². The summed E-state index contributed by atoms with van der Waals surface area (Å²) in [5, 5.41) is 6.24. The molecule has 2 amide bonds. The molecular weight excluding hydrogens is 242 g/mol. The lowest BCUT2D eigenvalue weighted by Gasteiger charge is -2.37. The van der Waals surface area contributed by atoms with Gasteiger partial charge in [0.1, 0.15) is 0 Å². The normalized spacial score (nSPS) is 32.0. The average molecular weight is 265 g/mol. The smallest absolute Gasteiger partial charge is 0.225 e. The second-order valence-corrected chi connectivity index (χ2v) is 6.05. The van der Waals surface area contributed by atoms with Crippen LogP contribution in [0.3, 0.4) is 0 Å². The van der Waals surface area contributed by atoms with Gasteiger partial charge >= 0.3 is 0 Å². The Morgan fingerprint density at radius 1 is 1.26 bits per heavy atom. The van der Waals surface area contributed by atoms with E-state index >= 15 is 0 Å². The second-order valence-electron chi connectivity index (χ2n) is 6.05. The van der Waals surface area contributed by atoms with E-state index < -0.39 is 0 Å². The summed E-state index contributed by atoms with van der Waals surface area (Å²) >= 11 is 0. The number of piperidine rings is 2. The summed E-state index contributed by atoms with van der Waals surface area (Å²) in [5.74, 6) is 0.979. The molecule has 106 valence electrons. The van der Waals surface area contributed by atoms with E-state index in [2.05, 4.69) is 10.6 Å². The minimum Gasteiger partial charge on any atom is -0.354 e. The van der Waals surface area contributed by atoms with E-state index in [0.29, 0.717) is 18.9 Å². The zero-order chi connectivity index (χ0) is 13.2. The van der Waals surface area contributed by atoms with Crippen molar-refractivity contribution >= 4 is 11.8 Å². The largest absolute Gasteiger partial charge is 0.354 e. The van der Waals surface area contributed by atoms with E-state index in [9.17, 15) is 9.59 Å². The number of rotatable bonds is 2. The summed E-state index contributed by atoms with van der Waals surface area (Å²) in [7, 11) is 0. The molecule has 5 heteroatoms. The molecule has 2 unspecified atom stereocenters. The maximum Gasteiger partial charge on any atom is 0.225 e. The number of hydrogen-bond donors (Lipinski definition) is 2. The molecule has 3 fully saturated rings. The highest BCUT2D eigenvalue weighted by atomic mass is 16.2. The topological polar surface area (TPSA) is 61.4 Å². The Morgan fingerprint density at radius 2 is 2.05 bits per heavy atom. The highest BCUT2D eigenvalue weighted by Crippen LogP contribution is 2.29. The first-order valence-corrected chi connectivity index (χ1v) is 7.53. The van der Waals surface area contributed by atoms with Crippen LogP contribution in [0, 0.1) is 11.8 Å². The zero-order valence-corrected chi connectivity index (χ0v) is 11.4. The van der Waals surface area contributed by atoms with Crippen molar-refractivity contribution in [3.63, 3.8) is 0 Å². The first-order valence-electron chi connectivity index (χ1n) is 7.53. The molecule has 3 aliphatic rings. The van der Waals surface area contributed by atoms with Crippen LogP contribution in [0.4, 0.5) is 0 Å². The third-order valence-corrected chi connectivity index (χ3v) is 4.84. The summed E-state index contributed by atoms with van der Waals surface area (Å²) in [6, 6.07) is 0.121. The maximum atomic E-state index is 12.5. The molecule has 3 heterocycles. The predicted octanol–water partition coefficient (Wildman–Crippen LogP) is 0.113. The van der Waals surface area contributed by atoms with E-state index in [1.54, 1.807) is 0 Å². The van der Waals surface area contributed by atoms with E-state index in [1.165, 1.54) is 0 Å². The van der Waals surface area contributed by atoms with Gasteiger partial charge in [0.15, 0.2) is 0 Å². The third kappa shape index (κ3) is 2.61. The van der Waals surface area contributed by atoms with E-state index in [0.717, 1.165) is 45.3 Å². The first-order chi connectivity index (χ1) is 9.25. The fraction of sp³-hybridized carbons (Fsp3) is 0.857. The van der Waals surface area contributed by atoms with Crippen LogP contribution in [0.5, 0.6) is 0 Å². The SMILES string of the molecule is O=C1NCC2C1CCCN2C(=O)CC1CCNCC1. The van der Waals surface area contributed by atoms with E-state index in [-0.39, 0.29) is 23.8 Å². The minimum atomic E-state index is 0.0470. The van der Waals surface area contributed by atoms with Crippen LogP contribution < -0.4 is 10.6 Å².